The van der Waals surface area contributed by atoms with Gasteiger partial charge in [-0.3, -0.25) is 4.90 Å². The minimum absolute atomic E-state index is 0.0833. The van der Waals surface area contributed by atoms with Crippen LogP contribution in [0.2, 0.25) is 5.02 Å². The van der Waals surface area contributed by atoms with Crippen LogP contribution < -0.4 is 15.2 Å². The van der Waals surface area contributed by atoms with E-state index in [2.05, 4.69) is 21.2 Å². The molecule has 0 radical (unpaired) electrons. The molecule has 0 bridgehead atoms. The quantitative estimate of drug-likeness (QED) is 0.151. The van der Waals surface area contributed by atoms with Crippen LogP contribution in [-0.4, -0.2) is 93.9 Å². The van der Waals surface area contributed by atoms with Gasteiger partial charge in [-0.1, -0.05) is 35.0 Å². The summed E-state index contributed by atoms with van der Waals surface area (Å²) in [4.78, 5) is 43.5. The van der Waals surface area contributed by atoms with Crippen LogP contribution in [0.3, 0.4) is 0 Å². The maximum absolute atomic E-state index is 14.2. The Morgan fingerprint density at radius 2 is 1.88 bits per heavy atom. The number of oxime groups is 1. The van der Waals surface area contributed by atoms with E-state index in [1.54, 1.807) is 63.8 Å². The molecule has 266 valence electrons. The number of halogens is 2. The number of likely N-dealkylation sites (tertiary alicyclic amines) is 2. The molecule has 1 amide bonds. The van der Waals surface area contributed by atoms with Crippen molar-refractivity contribution in [2.45, 2.75) is 109 Å². The lowest BCUT2D eigenvalue weighted by atomic mass is 9.85. The van der Waals surface area contributed by atoms with Crippen molar-refractivity contribution >= 4 is 29.5 Å². The average Bonchev–Trinajstić information content (AvgIpc) is 3.36. The van der Waals surface area contributed by atoms with Gasteiger partial charge in [-0.15, -0.1) is 0 Å². The van der Waals surface area contributed by atoms with Gasteiger partial charge >= 0.3 is 12.1 Å². The zero-order valence-corrected chi connectivity index (χ0v) is 29.7. The predicted molar refractivity (Wildman–Crippen MR) is 180 cm³/mol. The number of hydrogen-bond acceptors (Lipinski definition) is 11. The minimum atomic E-state index is -1.16. The van der Waals surface area contributed by atoms with E-state index >= 15 is 0 Å². The Kier molecular flexibility index (Phi) is 11.9. The third-order valence-electron chi connectivity index (χ3n) is 8.50. The first-order chi connectivity index (χ1) is 23.0. The Balaban J connectivity index is 1.57. The van der Waals surface area contributed by atoms with E-state index in [0.29, 0.717) is 42.9 Å². The number of aromatic nitrogens is 2. The Hall–Kier alpha value is -4.22. The van der Waals surface area contributed by atoms with Gasteiger partial charge < -0.3 is 29.7 Å². The van der Waals surface area contributed by atoms with Crippen molar-refractivity contribution in [3.63, 3.8) is 0 Å². The van der Waals surface area contributed by atoms with Crippen LogP contribution in [0.25, 0.3) is 0 Å². The highest BCUT2D eigenvalue weighted by atomic mass is 35.5. The first kappa shape index (κ1) is 37.6. The van der Waals surface area contributed by atoms with Crippen LogP contribution in [0.1, 0.15) is 78.6 Å². The molecule has 2 aromatic rings. The zero-order valence-electron chi connectivity index (χ0n) is 29.0. The van der Waals surface area contributed by atoms with E-state index in [-0.39, 0.29) is 35.9 Å². The average molecular weight is 702 g/mol. The van der Waals surface area contributed by atoms with Gasteiger partial charge in [0, 0.05) is 37.0 Å². The van der Waals surface area contributed by atoms with E-state index in [4.69, 9.17) is 36.4 Å². The van der Waals surface area contributed by atoms with E-state index in [0.717, 1.165) is 0 Å². The molecule has 15 heteroatoms. The molecule has 49 heavy (non-hydrogen) atoms. The van der Waals surface area contributed by atoms with Crippen molar-refractivity contribution in [2.24, 2.45) is 10.9 Å². The number of hydrogen-bond donors (Lipinski definition) is 1. The Labute approximate surface area is 291 Å². The number of carbonyl (C=O) groups is 2. The largest absolute Gasteiger partial charge is 0.474 e. The van der Waals surface area contributed by atoms with Crippen LogP contribution in [0.4, 0.5) is 9.18 Å². The Morgan fingerprint density at radius 3 is 2.51 bits per heavy atom. The summed E-state index contributed by atoms with van der Waals surface area (Å²) in [7, 11) is 1.83. The monoisotopic (exact) mass is 701 g/mol. The van der Waals surface area contributed by atoms with Crippen molar-refractivity contribution in [3.8, 4) is 17.8 Å². The Bertz CT molecular complexity index is 1580. The molecule has 1 aromatic heterocycles. The molecular weight excluding hydrogens is 657 g/mol. The predicted octanol–water partition coefficient (Wildman–Crippen LogP) is 5.14. The number of nitriles is 1. The molecular formula is C34H45ClFN7O6. The van der Waals surface area contributed by atoms with Gasteiger partial charge in [0.25, 0.3) is 0 Å². The highest BCUT2D eigenvalue weighted by Crippen LogP contribution is 2.32. The Morgan fingerprint density at radius 1 is 1.18 bits per heavy atom. The van der Waals surface area contributed by atoms with Crippen LogP contribution in [0, 0.1) is 11.3 Å². The summed E-state index contributed by atoms with van der Waals surface area (Å²) in [5, 5.41) is 13.7. The van der Waals surface area contributed by atoms with Crippen molar-refractivity contribution < 1.29 is 33.0 Å². The molecule has 3 heterocycles. The zero-order chi connectivity index (χ0) is 36.1. The molecule has 1 aromatic carbocycles. The van der Waals surface area contributed by atoms with Gasteiger partial charge in [0.05, 0.1) is 30.0 Å². The van der Waals surface area contributed by atoms with E-state index in [1.807, 2.05) is 18.9 Å². The van der Waals surface area contributed by atoms with Crippen LogP contribution in [-0.2, 0) is 19.8 Å². The number of alkyl halides is 1. The fourth-order valence-electron chi connectivity index (χ4n) is 5.90. The molecule has 5 atom stereocenters. The molecule has 0 aliphatic carbocycles. The highest BCUT2D eigenvalue weighted by Gasteiger charge is 2.37. The maximum Gasteiger partial charge on any atom is 0.410 e. The molecule has 2 saturated heterocycles. The van der Waals surface area contributed by atoms with Crippen LogP contribution >= 0.6 is 11.6 Å². The highest BCUT2D eigenvalue weighted by molar-refractivity contribution is 6.31. The first-order valence-corrected chi connectivity index (χ1v) is 16.6. The summed E-state index contributed by atoms with van der Waals surface area (Å²) in [6.45, 7) is 11.0. The maximum atomic E-state index is 14.2. The van der Waals surface area contributed by atoms with Crippen molar-refractivity contribution in [1.82, 2.24) is 19.8 Å². The second-order valence-corrected chi connectivity index (χ2v) is 14.4. The number of nitrogens with two attached hydrogens (primary N) is 1. The number of benzene rings is 1. The number of likely N-dealkylation sites (N-methyl/N-ethyl adjacent to an activating group) is 1. The summed E-state index contributed by atoms with van der Waals surface area (Å²) in [6.07, 6.45) is -1.23. The normalized spacial score (nSPS) is 22.6. The fraction of sp³-hybridized carbons (Fsp3) is 0.588. The van der Waals surface area contributed by atoms with Gasteiger partial charge in [-0.2, -0.15) is 15.2 Å². The standard InChI is InChI=1S/C34H45ClFN7O6/c1-20(26-16-21(36)19-42(26)7)46-27-18-28(47-23-13-15-43(22(17-23)12-14-37)32(45)48-33(2,3)4)40-30(39-27)29(38)41-49-31(44)34(5,6)24-10-8-9-11-25(24)35/h8-11,18,20-23,26H,12-13,15-17,19H2,1-7H3,(H2,38,41)/t20-,21+,22+,23-,26-/m0/s1. The van der Waals surface area contributed by atoms with Crippen LogP contribution in [0.5, 0.6) is 11.8 Å². The number of rotatable bonds is 10. The molecule has 0 spiro atoms. The van der Waals surface area contributed by atoms with Gasteiger partial charge in [-0.05, 0) is 66.6 Å². The third-order valence-corrected chi connectivity index (χ3v) is 8.83. The molecule has 2 fully saturated rings. The molecule has 4 rings (SSSR count). The summed E-state index contributed by atoms with van der Waals surface area (Å²) < 4.78 is 32.1. The number of ether oxygens (including phenoxy) is 3. The van der Waals surface area contributed by atoms with E-state index < -0.39 is 47.5 Å². The number of amides is 1. The molecule has 13 nitrogen and oxygen atoms in total. The number of amidine groups is 1. The van der Waals surface area contributed by atoms with Gasteiger partial charge in [-0.25, -0.2) is 14.0 Å². The molecule has 2 N–H and O–H groups in total. The van der Waals surface area contributed by atoms with E-state index in [9.17, 15) is 19.2 Å². The molecule has 2 aliphatic heterocycles. The van der Waals surface area contributed by atoms with Crippen molar-refractivity contribution in [1.29, 1.82) is 5.26 Å². The summed E-state index contributed by atoms with van der Waals surface area (Å²) in [6, 6.07) is 9.88. The molecule has 0 saturated carbocycles. The van der Waals surface area contributed by atoms with Gasteiger partial charge in [0.1, 0.15) is 24.0 Å². The van der Waals surface area contributed by atoms with Gasteiger partial charge in [0.2, 0.25) is 23.4 Å². The summed E-state index contributed by atoms with van der Waals surface area (Å²) in [5.74, 6) is -1.00. The SMILES string of the molecule is C[C@H](Oc1cc(O[C@H]2CCN(C(=O)OC(C)(C)C)[C@H](CC#N)C2)nc(C(N)=NOC(=O)C(C)(C)c2ccccc2Cl)n1)[C@@H]1C[C@@H](F)CN1C. The smallest absolute Gasteiger partial charge is 0.410 e. The molecule has 2 aliphatic rings. The van der Waals surface area contributed by atoms with Gasteiger partial charge in [0.15, 0.2) is 0 Å². The van der Waals surface area contributed by atoms with Crippen LogP contribution in [0.15, 0.2) is 35.5 Å². The minimum Gasteiger partial charge on any atom is -0.474 e. The topological polar surface area (TPSA) is 165 Å². The fourth-order valence-corrected chi connectivity index (χ4v) is 6.27. The first-order valence-electron chi connectivity index (χ1n) is 16.2. The summed E-state index contributed by atoms with van der Waals surface area (Å²) >= 11 is 6.33. The van der Waals surface area contributed by atoms with Crippen molar-refractivity contribution in [3.05, 3.63) is 46.7 Å². The molecule has 0 unspecified atom stereocenters. The lowest BCUT2D eigenvalue weighted by Gasteiger charge is -2.38. The number of carbonyl (C=O) groups excluding carboxylic acids is 2. The van der Waals surface area contributed by atoms with Crippen molar-refractivity contribution in [2.75, 3.05) is 20.1 Å². The lowest BCUT2D eigenvalue weighted by Crippen LogP contribution is -2.50. The second-order valence-electron chi connectivity index (χ2n) is 13.9. The lowest BCUT2D eigenvalue weighted by molar-refractivity contribution is -0.149. The number of piperidine rings is 1. The number of nitrogens with zero attached hydrogens (tertiary/aromatic N) is 6. The summed E-state index contributed by atoms with van der Waals surface area (Å²) in [5.41, 5.74) is 4.94. The second kappa shape index (κ2) is 15.6. The van der Waals surface area contributed by atoms with E-state index in [1.165, 1.54) is 6.07 Å². The third kappa shape index (κ3) is 9.70.